The van der Waals surface area contributed by atoms with E-state index in [1.807, 2.05) is 36.4 Å². The number of nitrogens with zero attached hydrogens (tertiary/aromatic N) is 2. The number of benzene rings is 3. The molecule has 0 radical (unpaired) electrons. The molecule has 0 atom stereocenters. The van der Waals surface area contributed by atoms with Gasteiger partial charge in [0, 0.05) is 35.5 Å². The van der Waals surface area contributed by atoms with Crippen molar-refractivity contribution < 1.29 is 9.18 Å². The maximum absolute atomic E-state index is 13.3. The van der Waals surface area contributed by atoms with Crippen LogP contribution in [0.5, 0.6) is 0 Å². The van der Waals surface area contributed by atoms with E-state index in [0.29, 0.717) is 17.9 Å². The highest BCUT2D eigenvalue weighted by Crippen LogP contribution is 2.35. The number of aromatic nitrogens is 2. The van der Waals surface area contributed by atoms with Gasteiger partial charge in [-0.25, -0.2) is 9.37 Å². The van der Waals surface area contributed by atoms with E-state index >= 15 is 0 Å². The lowest BCUT2D eigenvalue weighted by atomic mass is 10.0. The molecule has 0 saturated heterocycles. The van der Waals surface area contributed by atoms with E-state index in [4.69, 9.17) is 4.98 Å². The molecule has 0 unspecified atom stereocenters. The molecule has 4 nitrogen and oxygen atoms in total. The summed E-state index contributed by atoms with van der Waals surface area (Å²) in [5.74, 6) is -0.0432. The zero-order chi connectivity index (χ0) is 22.3. The molecule has 4 rings (SSSR count). The summed E-state index contributed by atoms with van der Waals surface area (Å²) >= 11 is 1.60. The Kier molecular flexibility index (Phi) is 7.02. The number of imidazole rings is 1. The van der Waals surface area contributed by atoms with Gasteiger partial charge < -0.3 is 9.88 Å². The Morgan fingerprint density at radius 3 is 2.31 bits per heavy atom. The first-order chi connectivity index (χ1) is 15.7. The molecular formula is C26H24FN3OS. The summed E-state index contributed by atoms with van der Waals surface area (Å²) in [6.07, 6.45) is 0. The Balaban J connectivity index is 1.54. The minimum atomic E-state index is -0.418. The van der Waals surface area contributed by atoms with Gasteiger partial charge in [-0.2, -0.15) is 0 Å². The molecular weight excluding hydrogens is 421 g/mol. The molecule has 4 aromatic rings. The monoisotopic (exact) mass is 445 g/mol. The Morgan fingerprint density at radius 2 is 1.66 bits per heavy atom. The summed E-state index contributed by atoms with van der Waals surface area (Å²) in [5, 5.41) is 3.76. The molecule has 0 bridgehead atoms. The number of carbonyl (C=O) groups excluding carboxylic acids is 1. The van der Waals surface area contributed by atoms with Gasteiger partial charge in [0.15, 0.2) is 5.16 Å². The Morgan fingerprint density at radius 1 is 0.969 bits per heavy atom. The van der Waals surface area contributed by atoms with Crippen molar-refractivity contribution in [1.29, 1.82) is 0 Å². The summed E-state index contributed by atoms with van der Waals surface area (Å²) < 4.78 is 15.6. The third-order valence-electron chi connectivity index (χ3n) is 5.05. The third-order valence-corrected chi connectivity index (χ3v) is 6.03. The van der Waals surface area contributed by atoms with E-state index in [1.54, 1.807) is 17.8 Å². The quantitative estimate of drug-likeness (QED) is 0.271. The van der Waals surface area contributed by atoms with Gasteiger partial charge in [-0.05, 0) is 25.1 Å². The molecule has 0 aliphatic heterocycles. The van der Waals surface area contributed by atoms with E-state index < -0.39 is 5.82 Å². The van der Waals surface area contributed by atoms with E-state index in [0.717, 1.165) is 34.2 Å². The molecule has 0 spiro atoms. The molecule has 6 heteroatoms. The molecule has 0 aliphatic rings. The summed E-state index contributed by atoms with van der Waals surface area (Å²) in [6.45, 7) is 3.35. The summed E-state index contributed by atoms with van der Waals surface area (Å²) in [5.41, 5.74) is 4.55. The Bertz CT molecular complexity index is 1190. The molecule has 0 fully saturated rings. The highest BCUT2D eigenvalue weighted by atomic mass is 32.2. The van der Waals surface area contributed by atoms with Crippen LogP contribution in [0.15, 0.2) is 90.1 Å². The first-order valence-electron chi connectivity index (χ1n) is 10.5. The number of rotatable bonds is 8. The highest BCUT2D eigenvalue weighted by molar-refractivity contribution is 7.99. The van der Waals surface area contributed by atoms with E-state index in [1.165, 1.54) is 18.2 Å². The van der Waals surface area contributed by atoms with Gasteiger partial charge >= 0.3 is 0 Å². The third kappa shape index (κ3) is 4.92. The fourth-order valence-corrected chi connectivity index (χ4v) is 4.48. The van der Waals surface area contributed by atoms with Crippen LogP contribution < -0.4 is 5.32 Å². The molecule has 32 heavy (non-hydrogen) atoms. The smallest absolute Gasteiger partial charge is 0.251 e. The zero-order valence-corrected chi connectivity index (χ0v) is 18.6. The van der Waals surface area contributed by atoms with Crippen molar-refractivity contribution in [2.45, 2.75) is 18.6 Å². The number of hydrogen-bond acceptors (Lipinski definition) is 3. The van der Waals surface area contributed by atoms with Crippen LogP contribution in [0.3, 0.4) is 0 Å². The number of amides is 1. The van der Waals surface area contributed by atoms with Crippen molar-refractivity contribution in [2.24, 2.45) is 0 Å². The topological polar surface area (TPSA) is 46.9 Å². The zero-order valence-electron chi connectivity index (χ0n) is 17.8. The van der Waals surface area contributed by atoms with Gasteiger partial charge in [0.2, 0.25) is 0 Å². The van der Waals surface area contributed by atoms with Crippen LogP contribution >= 0.6 is 11.8 Å². The number of thioether (sulfide) groups is 1. The SMILES string of the molecule is CCn1c(SCCNC(=O)c2cccc(F)c2)nc(-c2ccccc2)c1-c1ccccc1. The van der Waals surface area contributed by atoms with Crippen molar-refractivity contribution in [3.8, 4) is 22.5 Å². The fourth-order valence-electron chi connectivity index (χ4n) is 3.56. The van der Waals surface area contributed by atoms with Crippen molar-refractivity contribution in [3.63, 3.8) is 0 Å². The van der Waals surface area contributed by atoms with Gasteiger partial charge in [-0.15, -0.1) is 0 Å². The van der Waals surface area contributed by atoms with Crippen LogP contribution in [0.1, 0.15) is 17.3 Å². The number of halogens is 1. The van der Waals surface area contributed by atoms with Crippen molar-refractivity contribution in [2.75, 3.05) is 12.3 Å². The molecule has 1 amide bonds. The molecule has 3 aromatic carbocycles. The van der Waals surface area contributed by atoms with Crippen LogP contribution in [-0.2, 0) is 6.54 Å². The van der Waals surface area contributed by atoms with Gasteiger partial charge in [-0.3, -0.25) is 4.79 Å². The lowest BCUT2D eigenvalue weighted by molar-refractivity contribution is 0.0955. The largest absolute Gasteiger partial charge is 0.351 e. The maximum atomic E-state index is 13.3. The predicted molar refractivity (Wildman–Crippen MR) is 128 cm³/mol. The van der Waals surface area contributed by atoms with Crippen molar-refractivity contribution in [3.05, 3.63) is 96.3 Å². The van der Waals surface area contributed by atoms with Gasteiger partial charge in [-0.1, -0.05) is 78.5 Å². The second kappa shape index (κ2) is 10.3. The summed E-state index contributed by atoms with van der Waals surface area (Å²) in [7, 11) is 0. The summed E-state index contributed by atoms with van der Waals surface area (Å²) in [6, 6.07) is 26.2. The summed E-state index contributed by atoms with van der Waals surface area (Å²) in [4.78, 5) is 17.2. The fraction of sp³-hybridized carbons (Fsp3) is 0.154. The minimum absolute atomic E-state index is 0.279. The van der Waals surface area contributed by atoms with Crippen LogP contribution in [-0.4, -0.2) is 27.8 Å². The number of carbonyl (C=O) groups is 1. The Hall–Kier alpha value is -3.38. The minimum Gasteiger partial charge on any atom is -0.351 e. The van der Waals surface area contributed by atoms with Gasteiger partial charge in [0.1, 0.15) is 5.82 Å². The second-order valence-electron chi connectivity index (χ2n) is 7.18. The first-order valence-corrected chi connectivity index (χ1v) is 11.5. The molecule has 0 aliphatic carbocycles. The molecule has 0 saturated carbocycles. The second-order valence-corrected chi connectivity index (χ2v) is 8.24. The predicted octanol–water partition coefficient (Wildman–Crippen LogP) is 5.90. The molecule has 1 aromatic heterocycles. The van der Waals surface area contributed by atoms with E-state index in [-0.39, 0.29) is 5.91 Å². The molecule has 1 N–H and O–H groups in total. The number of nitrogens with one attached hydrogen (secondary N) is 1. The lowest BCUT2D eigenvalue weighted by Gasteiger charge is -2.11. The molecule has 1 heterocycles. The molecule has 162 valence electrons. The van der Waals surface area contributed by atoms with Crippen molar-refractivity contribution in [1.82, 2.24) is 14.9 Å². The maximum Gasteiger partial charge on any atom is 0.251 e. The van der Waals surface area contributed by atoms with Crippen LogP contribution in [0, 0.1) is 5.82 Å². The van der Waals surface area contributed by atoms with E-state index in [9.17, 15) is 9.18 Å². The van der Waals surface area contributed by atoms with Crippen LogP contribution in [0.4, 0.5) is 4.39 Å². The number of hydrogen-bond donors (Lipinski definition) is 1. The van der Waals surface area contributed by atoms with Crippen molar-refractivity contribution >= 4 is 17.7 Å². The standard InChI is InChI=1S/C26H24FN3OS/c1-2-30-24(20-12-7-4-8-13-20)23(19-10-5-3-6-11-19)29-26(30)32-17-16-28-25(31)21-14-9-15-22(27)18-21/h3-15,18H,2,16-17H2,1H3,(H,28,31). The normalized spacial score (nSPS) is 10.8. The van der Waals surface area contributed by atoms with Gasteiger partial charge in [0.25, 0.3) is 5.91 Å². The first kappa shape index (κ1) is 21.8. The van der Waals surface area contributed by atoms with E-state index in [2.05, 4.69) is 41.1 Å². The van der Waals surface area contributed by atoms with Crippen LogP contribution in [0.25, 0.3) is 22.5 Å². The Labute approximate surface area is 191 Å². The average Bonchev–Trinajstić information content (AvgIpc) is 3.21. The highest BCUT2D eigenvalue weighted by Gasteiger charge is 2.19. The van der Waals surface area contributed by atoms with Crippen LogP contribution in [0.2, 0.25) is 0 Å². The lowest BCUT2D eigenvalue weighted by Crippen LogP contribution is -2.25. The average molecular weight is 446 g/mol. The van der Waals surface area contributed by atoms with Gasteiger partial charge in [0.05, 0.1) is 11.4 Å².